The van der Waals surface area contributed by atoms with Gasteiger partial charge in [-0.2, -0.15) is 0 Å². The summed E-state index contributed by atoms with van der Waals surface area (Å²) < 4.78 is 37.3. The molecule has 0 saturated heterocycles. The summed E-state index contributed by atoms with van der Waals surface area (Å²) in [4.78, 5) is 29.2. The number of benzene rings is 3. The number of hydrogen-bond donors (Lipinski definition) is 1. The number of hydrogen-bond acceptors (Lipinski definition) is 6. The molecule has 0 aliphatic rings. The first-order chi connectivity index (χ1) is 20.5. The van der Waals surface area contributed by atoms with Crippen LogP contribution in [0.4, 0.5) is 5.69 Å². The number of rotatable bonds is 16. The van der Waals surface area contributed by atoms with E-state index in [0.29, 0.717) is 30.2 Å². The van der Waals surface area contributed by atoms with Gasteiger partial charge in [0.1, 0.15) is 17.5 Å². The second-order valence-electron chi connectivity index (χ2n) is 10.9. The van der Waals surface area contributed by atoms with Crippen LogP contribution >= 0.6 is 0 Å². The van der Waals surface area contributed by atoms with Crippen molar-refractivity contribution in [1.29, 1.82) is 0 Å². The molecule has 0 spiro atoms. The van der Waals surface area contributed by atoms with Crippen LogP contribution in [-0.4, -0.2) is 64.7 Å². The van der Waals surface area contributed by atoms with E-state index < -0.39 is 16.1 Å². The Balaban J connectivity index is 1.90. The van der Waals surface area contributed by atoms with E-state index in [9.17, 15) is 18.0 Å². The molecular weight excluding hydrogens is 566 g/mol. The third-order valence-electron chi connectivity index (χ3n) is 6.94. The van der Waals surface area contributed by atoms with Crippen molar-refractivity contribution in [2.75, 3.05) is 37.9 Å². The average molecular weight is 610 g/mol. The Morgan fingerprint density at radius 2 is 1.49 bits per heavy atom. The van der Waals surface area contributed by atoms with Crippen LogP contribution in [0.3, 0.4) is 0 Å². The van der Waals surface area contributed by atoms with Crippen LogP contribution in [0.1, 0.15) is 37.8 Å². The highest BCUT2D eigenvalue weighted by Crippen LogP contribution is 2.24. The fraction of sp³-hybridized carbons (Fsp3) is 0.394. The number of carbonyl (C=O) groups excluding carboxylic acids is 2. The van der Waals surface area contributed by atoms with Gasteiger partial charge >= 0.3 is 0 Å². The van der Waals surface area contributed by atoms with Gasteiger partial charge in [-0.3, -0.25) is 13.9 Å². The summed E-state index contributed by atoms with van der Waals surface area (Å²) >= 11 is 0. The zero-order valence-electron chi connectivity index (χ0n) is 25.7. The van der Waals surface area contributed by atoms with E-state index in [2.05, 4.69) is 5.32 Å². The number of methoxy groups -OCH3 is 2. The van der Waals surface area contributed by atoms with Gasteiger partial charge in [0, 0.05) is 38.5 Å². The summed E-state index contributed by atoms with van der Waals surface area (Å²) in [5.74, 6) is 0.937. The Labute approximate surface area is 255 Å². The topological polar surface area (TPSA) is 105 Å². The molecule has 0 bridgehead atoms. The zero-order valence-corrected chi connectivity index (χ0v) is 26.5. The van der Waals surface area contributed by atoms with Crippen LogP contribution in [0.15, 0.2) is 78.9 Å². The predicted octanol–water partition coefficient (Wildman–Crippen LogP) is 4.66. The number of amides is 2. The first kappa shape index (κ1) is 33.5. The molecule has 0 aliphatic carbocycles. The number of nitrogens with one attached hydrogen (secondary N) is 1. The molecule has 0 aliphatic heterocycles. The fourth-order valence-electron chi connectivity index (χ4n) is 4.71. The van der Waals surface area contributed by atoms with E-state index >= 15 is 0 Å². The lowest BCUT2D eigenvalue weighted by molar-refractivity contribution is -0.141. The van der Waals surface area contributed by atoms with Crippen molar-refractivity contribution < 1.29 is 27.5 Å². The Hall–Kier alpha value is -4.05. The monoisotopic (exact) mass is 609 g/mol. The summed E-state index contributed by atoms with van der Waals surface area (Å²) in [6, 6.07) is 23.0. The molecule has 9 nitrogen and oxygen atoms in total. The molecule has 0 heterocycles. The van der Waals surface area contributed by atoms with Gasteiger partial charge < -0.3 is 19.7 Å². The minimum absolute atomic E-state index is 0.0444. The largest absolute Gasteiger partial charge is 0.497 e. The summed E-state index contributed by atoms with van der Waals surface area (Å²) in [5, 5.41) is 3.02. The number of anilines is 1. The Morgan fingerprint density at radius 3 is 2.12 bits per heavy atom. The van der Waals surface area contributed by atoms with Crippen LogP contribution in [0.2, 0.25) is 0 Å². The summed E-state index contributed by atoms with van der Waals surface area (Å²) in [6.45, 7) is 4.79. The van der Waals surface area contributed by atoms with Crippen molar-refractivity contribution in [3.8, 4) is 11.5 Å². The maximum absolute atomic E-state index is 14.0. The molecule has 1 atom stereocenters. The first-order valence-electron chi connectivity index (χ1n) is 14.4. The van der Waals surface area contributed by atoms with Gasteiger partial charge in [0.15, 0.2) is 0 Å². The molecule has 0 aromatic heterocycles. The minimum Gasteiger partial charge on any atom is -0.497 e. The molecule has 0 radical (unpaired) electrons. The third kappa shape index (κ3) is 10.3. The van der Waals surface area contributed by atoms with Crippen molar-refractivity contribution in [2.24, 2.45) is 5.92 Å². The van der Waals surface area contributed by atoms with E-state index in [0.717, 1.165) is 17.4 Å². The van der Waals surface area contributed by atoms with E-state index in [1.54, 1.807) is 36.3 Å². The highest BCUT2D eigenvalue weighted by Gasteiger charge is 2.30. The van der Waals surface area contributed by atoms with E-state index in [1.165, 1.54) is 11.4 Å². The Morgan fingerprint density at radius 1 is 0.860 bits per heavy atom. The first-order valence-corrected chi connectivity index (χ1v) is 16.2. The van der Waals surface area contributed by atoms with Crippen LogP contribution in [0.5, 0.6) is 11.5 Å². The maximum atomic E-state index is 14.0. The SMILES string of the molecule is COc1cccc(CN(C(=O)CCCN(c2cccc(OC)c2)S(C)(=O)=O)[C@H](Cc2ccccc2)C(=O)NCC(C)C)c1. The molecule has 232 valence electrons. The van der Waals surface area contributed by atoms with Crippen LogP contribution in [0.25, 0.3) is 0 Å². The van der Waals surface area contributed by atoms with Gasteiger partial charge in [-0.1, -0.05) is 62.4 Å². The molecule has 43 heavy (non-hydrogen) atoms. The molecule has 3 rings (SSSR count). The highest BCUT2D eigenvalue weighted by molar-refractivity contribution is 7.92. The van der Waals surface area contributed by atoms with Gasteiger partial charge in [0.2, 0.25) is 21.8 Å². The zero-order chi connectivity index (χ0) is 31.4. The average Bonchev–Trinajstić information content (AvgIpc) is 2.99. The maximum Gasteiger partial charge on any atom is 0.243 e. The smallest absolute Gasteiger partial charge is 0.243 e. The summed E-state index contributed by atoms with van der Waals surface area (Å²) in [5.41, 5.74) is 2.20. The van der Waals surface area contributed by atoms with Gasteiger partial charge in [-0.05, 0) is 47.7 Å². The normalized spacial score (nSPS) is 12.0. The number of sulfonamides is 1. The highest BCUT2D eigenvalue weighted by atomic mass is 32.2. The predicted molar refractivity (Wildman–Crippen MR) is 170 cm³/mol. The lowest BCUT2D eigenvalue weighted by Gasteiger charge is -2.32. The van der Waals surface area contributed by atoms with Crippen LogP contribution in [-0.2, 0) is 32.6 Å². The second kappa shape index (κ2) is 16.0. The van der Waals surface area contributed by atoms with Gasteiger partial charge in [-0.25, -0.2) is 8.42 Å². The summed E-state index contributed by atoms with van der Waals surface area (Å²) in [6.07, 6.45) is 1.77. The molecule has 0 saturated carbocycles. The van der Waals surface area contributed by atoms with Crippen molar-refractivity contribution in [1.82, 2.24) is 10.2 Å². The van der Waals surface area contributed by atoms with Crippen molar-refractivity contribution >= 4 is 27.5 Å². The molecule has 3 aromatic carbocycles. The second-order valence-corrected chi connectivity index (χ2v) is 12.8. The number of carbonyl (C=O) groups is 2. The molecular formula is C33H43N3O6S. The lowest BCUT2D eigenvalue weighted by Crippen LogP contribution is -2.51. The van der Waals surface area contributed by atoms with Gasteiger partial charge in [0.25, 0.3) is 0 Å². The van der Waals surface area contributed by atoms with Crippen LogP contribution in [0, 0.1) is 5.92 Å². The van der Waals surface area contributed by atoms with Gasteiger partial charge in [-0.15, -0.1) is 0 Å². The van der Waals surface area contributed by atoms with Gasteiger partial charge in [0.05, 0.1) is 26.2 Å². The molecule has 0 unspecified atom stereocenters. The van der Waals surface area contributed by atoms with E-state index in [-0.39, 0.29) is 43.7 Å². The Bertz CT molecular complexity index is 1450. The molecule has 10 heteroatoms. The molecule has 2 amide bonds. The van der Waals surface area contributed by atoms with E-state index in [4.69, 9.17) is 9.47 Å². The standard InChI is InChI=1S/C33H43N3O6S/c1-25(2)23-34-33(38)31(21-26-12-7-6-8-13-26)35(24-27-14-9-16-29(20-27)41-3)32(37)18-11-19-36(43(5,39)40)28-15-10-17-30(22-28)42-4/h6-10,12-17,20,22,25,31H,11,18-19,21,23-24H2,1-5H3,(H,34,38)/t31-/m1/s1. The van der Waals surface area contributed by atoms with Crippen molar-refractivity contribution in [3.63, 3.8) is 0 Å². The fourth-order valence-corrected chi connectivity index (χ4v) is 5.67. The van der Waals surface area contributed by atoms with Crippen molar-refractivity contribution in [2.45, 2.75) is 45.7 Å². The van der Waals surface area contributed by atoms with E-state index in [1.807, 2.05) is 68.4 Å². The minimum atomic E-state index is -3.63. The summed E-state index contributed by atoms with van der Waals surface area (Å²) in [7, 11) is -0.533. The molecule has 0 fully saturated rings. The molecule has 1 N–H and O–H groups in total. The quantitative estimate of drug-likeness (QED) is 0.253. The molecule has 3 aromatic rings. The Kier molecular flexibility index (Phi) is 12.4. The number of ether oxygens (including phenoxy) is 2. The third-order valence-corrected chi connectivity index (χ3v) is 8.13. The lowest BCUT2D eigenvalue weighted by atomic mass is 10.0. The van der Waals surface area contributed by atoms with Crippen LogP contribution < -0.4 is 19.1 Å². The number of nitrogens with zero attached hydrogens (tertiary/aromatic N) is 2. The van der Waals surface area contributed by atoms with Crippen molar-refractivity contribution in [3.05, 3.63) is 90.0 Å².